The molecule has 1 rings (SSSR count). The van der Waals surface area contributed by atoms with Gasteiger partial charge in [-0.05, 0) is 36.3 Å². The van der Waals surface area contributed by atoms with E-state index in [4.69, 9.17) is 5.84 Å². The Hall–Kier alpha value is -0.860. The van der Waals surface area contributed by atoms with E-state index in [1.54, 1.807) is 0 Å². The summed E-state index contributed by atoms with van der Waals surface area (Å²) in [5, 5.41) is 0. The van der Waals surface area contributed by atoms with Gasteiger partial charge in [-0.3, -0.25) is 11.3 Å². The number of nitrogens with two attached hydrogens (primary N) is 1. The van der Waals surface area contributed by atoms with Crippen LogP contribution in [0, 0.1) is 5.92 Å². The molecule has 0 saturated carbocycles. The van der Waals surface area contributed by atoms with Crippen LogP contribution < -0.4 is 11.3 Å². The molecule has 0 bridgehead atoms. The zero-order valence-electron chi connectivity index (χ0n) is 11.4. The Morgan fingerprint density at radius 2 is 1.71 bits per heavy atom. The van der Waals surface area contributed by atoms with Crippen LogP contribution in [0.25, 0.3) is 0 Å². The van der Waals surface area contributed by atoms with Gasteiger partial charge in [-0.15, -0.1) is 0 Å². The van der Waals surface area contributed by atoms with E-state index in [0.29, 0.717) is 6.04 Å². The van der Waals surface area contributed by atoms with Gasteiger partial charge in [-0.2, -0.15) is 0 Å². The Balaban J connectivity index is 2.54. The van der Waals surface area contributed by atoms with Crippen molar-refractivity contribution in [2.24, 2.45) is 11.8 Å². The van der Waals surface area contributed by atoms with Gasteiger partial charge in [0.25, 0.3) is 0 Å². The van der Waals surface area contributed by atoms with Gasteiger partial charge in [0.2, 0.25) is 0 Å². The first-order valence-corrected chi connectivity index (χ1v) is 6.73. The fourth-order valence-electron chi connectivity index (χ4n) is 2.06. The molecule has 96 valence electrons. The van der Waals surface area contributed by atoms with Crippen molar-refractivity contribution >= 4 is 0 Å². The van der Waals surface area contributed by atoms with Gasteiger partial charge in [-0.25, -0.2) is 0 Å². The molecule has 2 heteroatoms. The number of rotatable bonds is 7. The molecular weight excluding hydrogens is 208 g/mol. The third-order valence-corrected chi connectivity index (χ3v) is 3.53. The predicted octanol–water partition coefficient (Wildman–Crippen LogP) is 3.06. The molecule has 0 aliphatic heterocycles. The molecule has 1 aromatic rings. The fraction of sp³-hybridized carbons (Fsp3) is 0.600. The van der Waals surface area contributed by atoms with Gasteiger partial charge in [0.1, 0.15) is 0 Å². The van der Waals surface area contributed by atoms with Gasteiger partial charge in [0.05, 0.1) is 0 Å². The highest BCUT2D eigenvalue weighted by Crippen LogP contribution is 2.14. The lowest BCUT2D eigenvalue weighted by Crippen LogP contribution is -2.37. The number of hydrogen-bond donors (Lipinski definition) is 2. The summed E-state index contributed by atoms with van der Waals surface area (Å²) in [6.07, 6.45) is 4.48. The maximum absolute atomic E-state index is 5.63. The van der Waals surface area contributed by atoms with E-state index in [9.17, 15) is 0 Å². The number of aryl methyl sites for hydroxylation is 1. The van der Waals surface area contributed by atoms with Crippen molar-refractivity contribution in [1.29, 1.82) is 0 Å². The summed E-state index contributed by atoms with van der Waals surface area (Å²) in [6.45, 7) is 6.70. The van der Waals surface area contributed by atoms with Crippen molar-refractivity contribution in [3.05, 3.63) is 35.4 Å². The Bertz CT molecular complexity index is 305. The van der Waals surface area contributed by atoms with E-state index in [1.807, 2.05) is 0 Å². The number of hydrogen-bond acceptors (Lipinski definition) is 2. The zero-order chi connectivity index (χ0) is 12.7. The molecule has 1 aromatic carbocycles. The van der Waals surface area contributed by atoms with Crippen LogP contribution in [-0.2, 0) is 12.8 Å². The average Bonchev–Trinajstić information content (AvgIpc) is 2.38. The maximum Gasteiger partial charge on any atom is 0.0253 e. The first-order chi connectivity index (χ1) is 8.19. The zero-order valence-corrected chi connectivity index (χ0v) is 11.4. The summed E-state index contributed by atoms with van der Waals surface area (Å²) in [7, 11) is 0. The number of benzene rings is 1. The van der Waals surface area contributed by atoms with E-state index >= 15 is 0 Å². The lowest BCUT2D eigenvalue weighted by Gasteiger charge is -2.19. The number of nitrogens with one attached hydrogen (secondary N) is 1. The van der Waals surface area contributed by atoms with Crippen molar-refractivity contribution in [2.75, 3.05) is 0 Å². The van der Waals surface area contributed by atoms with Crippen LogP contribution in [0.2, 0.25) is 0 Å². The van der Waals surface area contributed by atoms with Gasteiger partial charge < -0.3 is 0 Å². The van der Waals surface area contributed by atoms with E-state index < -0.39 is 0 Å². The average molecular weight is 234 g/mol. The second-order valence-corrected chi connectivity index (χ2v) is 4.99. The molecule has 2 nitrogen and oxygen atoms in total. The SMILES string of the molecule is CCc1ccc(CC(CC(C)CC)NN)cc1. The second-order valence-electron chi connectivity index (χ2n) is 4.99. The van der Waals surface area contributed by atoms with Crippen molar-refractivity contribution in [3.8, 4) is 0 Å². The summed E-state index contributed by atoms with van der Waals surface area (Å²) in [5.74, 6) is 6.36. The van der Waals surface area contributed by atoms with E-state index in [-0.39, 0.29) is 0 Å². The Morgan fingerprint density at radius 1 is 1.12 bits per heavy atom. The van der Waals surface area contributed by atoms with E-state index in [2.05, 4.69) is 50.5 Å². The highest BCUT2D eigenvalue weighted by Gasteiger charge is 2.11. The van der Waals surface area contributed by atoms with Gasteiger partial charge in [0, 0.05) is 6.04 Å². The van der Waals surface area contributed by atoms with Crippen molar-refractivity contribution in [2.45, 2.75) is 52.5 Å². The standard InChI is InChI=1S/C15H26N2/c1-4-12(3)10-15(17-16)11-14-8-6-13(5-2)7-9-14/h6-9,12,15,17H,4-5,10-11,16H2,1-3H3. The summed E-state index contributed by atoms with van der Waals surface area (Å²) in [5.41, 5.74) is 5.71. The molecule has 0 spiro atoms. The normalized spacial score (nSPS) is 14.6. The maximum atomic E-state index is 5.63. The highest BCUT2D eigenvalue weighted by atomic mass is 15.2. The monoisotopic (exact) mass is 234 g/mol. The third-order valence-electron chi connectivity index (χ3n) is 3.53. The molecule has 0 aromatic heterocycles. The van der Waals surface area contributed by atoms with Crippen LogP contribution in [0.5, 0.6) is 0 Å². The third kappa shape index (κ3) is 4.88. The Kier molecular flexibility index (Phi) is 6.23. The van der Waals surface area contributed by atoms with Gasteiger partial charge in [-0.1, -0.05) is 51.5 Å². The predicted molar refractivity (Wildman–Crippen MR) is 74.7 cm³/mol. The molecule has 0 saturated heterocycles. The highest BCUT2D eigenvalue weighted by molar-refractivity contribution is 5.23. The van der Waals surface area contributed by atoms with Crippen LogP contribution >= 0.6 is 0 Å². The molecule has 2 atom stereocenters. The summed E-state index contributed by atoms with van der Waals surface area (Å²) in [4.78, 5) is 0. The van der Waals surface area contributed by atoms with E-state index in [0.717, 1.165) is 25.2 Å². The Labute approximate surface area is 106 Å². The lowest BCUT2D eigenvalue weighted by molar-refractivity contribution is 0.396. The lowest BCUT2D eigenvalue weighted by atomic mass is 9.94. The smallest absolute Gasteiger partial charge is 0.0253 e. The van der Waals surface area contributed by atoms with Crippen molar-refractivity contribution in [1.82, 2.24) is 5.43 Å². The first kappa shape index (κ1) is 14.2. The molecule has 17 heavy (non-hydrogen) atoms. The minimum absolute atomic E-state index is 0.387. The molecule has 0 fully saturated rings. The molecule has 0 aliphatic carbocycles. The number of hydrazine groups is 1. The molecule has 0 radical (unpaired) electrons. The largest absolute Gasteiger partial charge is 0.271 e. The van der Waals surface area contributed by atoms with Crippen molar-refractivity contribution < 1.29 is 0 Å². The molecular formula is C15H26N2. The molecule has 0 amide bonds. The summed E-state index contributed by atoms with van der Waals surface area (Å²) < 4.78 is 0. The van der Waals surface area contributed by atoms with Gasteiger partial charge in [0.15, 0.2) is 0 Å². The minimum atomic E-state index is 0.387. The van der Waals surface area contributed by atoms with Crippen LogP contribution in [0.1, 0.15) is 44.7 Å². The first-order valence-electron chi connectivity index (χ1n) is 6.73. The van der Waals surface area contributed by atoms with Crippen molar-refractivity contribution in [3.63, 3.8) is 0 Å². The molecule has 2 unspecified atom stereocenters. The molecule has 0 heterocycles. The second kappa shape index (κ2) is 7.46. The Morgan fingerprint density at radius 3 is 2.18 bits per heavy atom. The van der Waals surface area contributed by atoms with Crippen LogP contribution in [0.15, 0.2) is 24.3 Å². The summed E-state index contributed by atoms with van der Waals surface area (Å²) >= 11 is 0. The fourth-order valence-corrected chi connectivity index (χ4v) is 2.06. The van der Waals surface area contributed by atoms with Crippen LogP contribution in [-0.4, -0.2) is 6.04 Å². The molecule has 3 N–H and O–H groups in total. The van der Waals surface area contributed by atoms with Crippen LogP contribution in [0.3, 0.4) is 0 Å². The minimum Gasteiger partial charge on any atom is -0.271 e. The van der Waals surface area contributed by atoms with E-state index in [1.165, 1.54) is 17.5 Å². The quantitative estimate of drug-likeness (QED) is 0.562. The topological polar surface area (TPSA) is 38.0 Å². The van der Waals surface area contributed by atoms with Crippen LogP contribution in [0.4, 0.5) is 0 Å². The van der Waals surface area contributed by atoms with Gasteiger partial charge >= 0.3 is 0 Å². The summed E-state index contributed by atoms with van der Waals surface area (Å²) in [6, 6.07) is 9.26. The molecule has 0 aliphatic rings.